The number of oxime groups is 1. The van der Waals surface area contributed by atoms with Gasteiger partial charge >= 0.3 is 5.97 Å². The second kappa shape index (κ2) is 6.91. The van der Waals surface area contributed by atoms with E-state index < -0.39 is 12.1 Å². The lowest BCUT2D eigenvalue weighted by Gasteiger charge is -2.17. The molecule has 1 aliphatic heterocycles. The van der Waals surface area contributed by atoms with Crippen LogP contribution in [0.5, 0.6) is 5.75 Å². The summed E-state index contributed by atoms with van der Waals surface area (Å²) in [6.07, 6.45) is -1.25. The Bertz CT molecular complexity index is 560. The van der Waals surface area contributed by atoms with E-state index in [1.807, 2.05) is 13.0 Å². The Morgan fingerprint density at radius 1 is 1.62 bits per heavy atom. The Morgan fingerprint density at radius 3 is 3.05 bits per heavy atom. The Labute approximate surface area is 130 Å². The van der Waals surface area contributed by atoms with Gasteiger partial charge in [-0.1, -0.05) is 21.1 Å². The summed E-state index contributed by atoms with van der Waals surface area (Å²) >= 11 is 3.39. The summed E-state index contributed by atoms with van der Waals surface area (Å²) in [4.78, 5) is 16.1. The predicted octanol–water partition coefficient (Wildman–Crippen LogP) is 2.44. The van der Waals surface area contributed by atoms with Crippen molar-refractivity contribution in [2.75, 3.05) is 13.2 Å². The van der Waals surface area contributed by atoms with Gasteiger partial charge in [-0.15, -0.1) is 0 Å². The fraction of sp³-hybridized carbons (Fsp3) is 0.429. The van der Waals surface area contributed by atoms with Gasteiger partial charge < -0.3 is 19.4 Å². The minimum Gasteiger partial charge on any atom is -0.479 e. The minimum absolute atomic E-state index is 0.285. The number of carboxylic acid groups (broad SMARTS) is 1. The van der Waals surface area contributed by atoms with E-state index in [1.54, 1.807) is 12.1 Å². The normalized spacial score (nSPS) is 18.8. The molecule has 1 aromatic rings. The number of halogens is 1. The molecule has 2 atom stereocenters. The van der Waals surface area contributed by atoms with E-state index in [1.165, 1.54) is 6.92 Å². The van der Waals surface area contributed by atoms with Crippen LogP contribution in [-0.2, 0) is 14.4 Å². The first kappa shape index (κ1) is 15.8. The molecule has 0 saturated heterocycles. The van der Waals surface area contributed by atoms with Crippen LogP contribution in [0, 0.1) is 0 Å². The van der Waals surface area contributed by atoms with Crippen molar-refractivity contribution in [3.05, 3.63) is 28.2 Å². The van der Waals surface area contributed by atoms with Crippen LogP contribution in [0.25, 0.3) is 0 Å². The maximum atomic E-state index is 11.0. The monoisotopic (exact) mass is 357 g/mol. The zero-order valence-electron chi connectivity index (χ0n) is 11.7. The number of hydrogen-bond acceptors (Lipinski definition) is 5. The maximum absolute atomic E-state index is 11.0. The van der Waals surface area contributed by atoms with E-state index in [9.17, 15) is 4.79 Å². The van der Waals surface area contributed by atoms with Crippen molar-refractivity contribution < 1.29 is 24.2 Å². The largest absolute Gasteiger partial charge is 0.479 e. The van der Waals surface area contributed by atoms with E-state index in [0.29, 0.717) is 30.2 Å². The summed E-state index contributed by atoms with van der Waals surface area (Å²) in [5.41, 5.74) is 1.26. The SMILES string of the molecule is CCOC1CON=C1c1cc(Br)ccc1OC(C)C(=O)O. The van der Waals surface area contributed by atoms with Gasteiger partial charge in [-0.25, -0.2) is 4.79 Å². The van der Waals surface area contributed by atoms with Crippen molar-refractivity contribution in [1.29, 1.82) is 0 Å². The average Bonchev–Trinajstić information content (AvgIpc) is 2.89. The van der Waals surface area contributed by atoms with Crippen LogP contribution >= 0.6 is 15.9 Å². The molecule has 2 rings (SSSR count). The third-order valence-electron chi connectivity index (χ3n) is 2.93. The number of benzene rings is 1. The predicted molar refractivity (Wildman–Crippen MR) is 79.8 cm³/mol. The molecule has 0 bridgehead atoms. The van der Waals surface area contributed by atoms with Crippen LogP contribution in [-0.4, -0.2) is 42.2 Å². The zero-order valence-corrected chi connectivity index (χ0v) is 13.3. The highest BCUT2D eigenvalue weighted by Gasteiger charge is 2.28. The van der Waals surface area contributed by atoms with E-state index >= 15 is 0 Å². The molecule has 1 aromatic carbocycles. The number of carbonyl (C=O) groups is 1. The van der Waals surface area contributed by atoms with Crippen molar-refractivity contribution in [2.45, 2.75) is 26.1 Å². The second-order valence-electron chi connectivity index (χ2n) is 4.46. The Hall–Kier alpha value is -1.60. The number of rotatable bonds is 6. The first-order chi connectivity index (χ1) is 10.0. The van der Waals surface area contributed by atoms with Gasteiger partial charge in [0.2, 0.25) is 0 Å². The minimum atomic E-state index is -1.03. The molecular formula is C14H16BrNO5. The molecule has 21 heavy (non-hydrogen) atoms. The third kappa shape index (κ3) is 3.74. The number of aliphatic carboxylic acids is 1. The number of hydrogen-bond donors (Lipinski definition) is 1. The molecule has 0 spiro atoms. The van der Waals surface area contributed by atoms with Gasteiger partial charge in [0.25, 0.3) is 0 Å². The highest BCUT2D eigenvalue weighted by atomic mass is 79.9. The lowest BCUT2D eigenvalue weighted by atomic mass is 10.0. The molecular weight excluding hydrogens is 342 g/mol. The molecule has 0 fully saturated rings. The maximum Gasteiger partial charge on any atom is 0.344 e. The molecule has 0 saturated carbocycles. The molecule has 0 aromatic heterocycles. The molecule has 0 amide bonds. The van der Waals surface area contributed by atoms with Crippen molar-refractivity contribution in [1.82, 2.24) is 0 Å². The van der Waals surface area contributed by atoms with E-state index in [0.717, 1.165) is 4.47 Å². The van der Waals surface area contributed by atoms with Crippen LogP contribution < -0.4 is 4.74 Å². The second-order valence-corrected chi connectivity index (χ2v) is 5.37. The number of carboxylic acids is 1. The van der Waals surface area contributed by atoms with Crippen LogP contribution in [0.15, 0.2) is 27.8 Å². The van der Waals surface area contributed by atoms with Crippen molar-refractivity contribution in [2.24, 2.45) is 5.16 Å². The highest BCUT2D eigenvalue weighted by molar-refractivity contribution is 9.10. The highest BCUT2D eigenvalue weighted by Crippen LogP contribution is 2.28. The van der Waals surface area contributed by atoms with Crippen LogP contribution in [0.4, 0.5) is 0 Å². The Morgan fingerprint density at radius 2 is 2.38 bits per heavy atom. The summed E-state index contributed by atoms with van der Waals surface area (Å²) < 4.78 is 11.9. The fourth-order valence-corrected chi connectivity index (χ4v) is 2.27. The third-order valence-corrected chi connectivity index (χ3v) is 3.42. The molecule has 0 radical (unpaired) electrons. The fourth-order valence-electron chi connectivity index (χ4n) is 1.91. The number of ether oxygens (including phenoxy) is 2. The first-order valence-corrected chi connectivity index (χ1v) is 7.33. The van der Waals surface area contributed by atoms with Gasteiger partial charge in [0.15, 0.2) is 6.10 Å². The van der Waals surface area contributed by atoms with Crippen LogP contribution in [0.2, 0.25) is 0 Å². The standard InChI is InChI=1S/C14H16BrNO5/c1-3-19-12-7-20-16-13(12)10-6-9(15)4-5-11(10)21-8(2)14(17)18/h4-6,8,12H,3,7H2,1-2H3,(H,17,18). The van der Waals surface area contributed by atoms with Gasteiger partial charge in [0, 0.05) is 16.6 Å². The van der Waals surface area contributed by atoms with Crippen molar-refractivity contribution >= 4 is 27.6 Å². The van der Waals surface area contributed by atoms with Crippen molar-refractivity contribution in [3.63, 3.8) is 0 Å². The Kier molecular flexibility index (Phi) is 5.19. The van der Waals surface area contributed by atoms with Gasteiger partial charge in [-0.2, -0.15) is 0 Å². The van der Waals surface area contributed by atoms with Crippen LogP contribution in [0.1, 0.15) is 19.4 Å². The summed E-state index contributed by atoms with van der Waals surface area (Å²) in [6, 6.07) is 5.28. The van der Waals surface area contributed by atoms with Gasteiger partial charge in [-0.05, 0) is 32.0 Å². The smallest absolute Gasteiger partial charge is 0.344 e. The summed E-state index contributed by atoms with van der Waals surface area (Å²) in [5, 5.41) is 13.0. The molecule has 0 aliphatic carbocycles. The van der Waals surface area contributed by atoms with E-state index in [2.05, 4.69) is 21.1 Å². The Balaban J connectivity index is 2.33. The first-order valence-electron chi connectivity index (χ1n) is 6.53. The van der Waals surface area contributed by atoms with Crippen molar-refractivity contribution in [3.8, 4) is 5.75 Å². The molecule has 1 heterocycles. The molecule has 1 N–H and O–H groups in total. The summed E-state index contributed by atoms with van der Waals surface area (Å²) in [7, 11) is 0. The van der Waals surface area contributed by atoms with Gasteiger partial charge in [-0.3, -0.25) is 0 Å². The number of nitrogens with zero attached hydrogens (tertiary/aromatic N) is 1. The zero-order chi connectivity index (χ0) is 15.4. The van der Waals surface area contributed by atoms with E-state index in [-0.39, 0.29) is 6.10 Å². The molecule has 6 nitrogen and oxygen atoms in total. The molecule has 2 unspecified atom stereocenters. The topological polar surface area (TPSA) is 77.3 Å². The molecule has 7 heteroatoms. The van der Waals surface area contributed by atoms with Gasteiger partial charge in [0.1, 0.15) is 24.2 Å². The quantitative estimate of drug-likeness (QED) is 0.845. The van der Waals surface area contributed by atoms with Gasteiger partial charge in [0.05, 0.1) is 0 Å². The molecule has 114 valence electrons. The molecule has 1 aliphatic rings. The summed E-state index contributed by atoms with van der Waals surface area (Å²) in [5.74, 6) is -0.600. The van der Waals surface area contributed by atoms with Crippen LogP contribution in [0.3, 0.4) is 0 Å². The lowest BCUT2D eigenvalue weighted by molar-refractivity contribution is -0.144. The lowest BCUT2D eigenvalue weighted by Crippen LogP contribution is -2.27. The average molecular weight is 358 g/mol. The van der Waals surface area contributed by atoms with E-state index in [4.69, 9.17) is 19.4 Å². The summed E-state index contributed by atoms with van der Waals surface area (Å²) in [6.45, 7) is 4.23.